The van der Waals surface area contributed by atoms with E-state index < -0.39 is 0 Å². The largest absolute Gasteiger partial charge is 0.341 e. The number of halogens is 1. The van der Waals surface area contributed by atoms with Crippen LogP contribution in [0.1, 0.15) is 24.8 Å². The van der Waals surface area contributed by atoms with Gasteiger partial charge in [0.15, 0.2) is 0 Å². The number of rotatable bonds is 4. The highest BCUT2D eigenvalue weighted by atomic mass is 79.9. The van der Waals surface area contributed by atoms with Gasteiger partial charge >= 0.3 is 0 Å². The monoisotopic (exact) mass is 350 g/mol. The predicted molar refractivity (Wildman–Crippen MR) is 88.8 cm³/mol. The van der Waals surface area contributed by atoms with Gasteiger partial charge < -0.3 is 9.80 Å². The molecule has 114 valence electrons. The van der Waals surface area contributed by atoms with Crippen LogP contribution in [0, 0.1) is 0 Å². The number of carbonyl (C=O) groups is 1. The predicted octanol–water partition coefficient (Wildman–Crippen LogP) is 2.65. The van der Waals surface area contributed by atoms with E-state index in [4.69, 9.17) is 0 Å². The van der Waals surface area contributed by atoms with Crippen LogP contribution in [0.2, 0.25) is 0 Å². The van der Waals surface area contributed by atoms with Gasteiger partial charge in [0.2, 0.25) is 5.91 Å². The van der Waals surface area contributed by atoms with Gasteiger partial charge in [0.25, 0.3) is 0 Å². The molecule has 0 unspecified atom stereocenters. The van der Waals surface area contributed by atoms with E-state index in [0.29, 0.717) is 5.91 Å². The quantitative estimate of drug-likeness (QED) is 0.779. The Bertz CT molecular complexity index is 487. The van der Waals surface area contributed by atoms with E-state index in [1.54, 1.807) is 0 Å². The van der Waals surface area contributed by atoms with E-state index in [1.807, 2.05) is 18.2 Å². The third-order valence-electron chi connectivity index (χ3n) is 4.76. The summed E-state index contributed by atoms with van der Waals surface area (Å²) in [5.41, 5.74) is 1.00. The van der Waals surface area contributed by atoms with Gasteiger partial charge in [0.05, 0.1) is 5.41 Å². The van der Waals surface area contributed by atoms with Crippen molar-refractivity contribution in [3.05, 3.63) is 35.9 Å². The maximum absolute atomic E-state index is 13.0. The molecule has 0 radical (unpaired) electrons. The first-order chi connectivity index (χ1) is 10.3. The first-order valence-electron chi connectivity index (χ1n) is 7.89. The maximum atomic E-state index is 13.0. The average Bonchev–Trinajstić information content (AvgIpc) is 3.33. The van der Waals surface area contributed by atoms with E-state index in [9.17, 15) is 4.79 Å². The lowest BCUT2D eigenvalue weighted by Gasteiger charge is -2.26. The zero-order valence-electron chi connectivity index (χ0n) is 12.4. The molecule has 1 heterocycles. The van der Waals surface area contributed by atoms with Crippen LogP contribution >= 0.6 is 15.9 Å². The topological polar surface area (TPSA) is 23.6 Å². The molecule has 0 bridgehead atoms. The summed E-state index contributed by atoms with van der Waals surface area (Å²) in [4.78, 5) is 17.6. The highest BCUT2D eigenvalue weighted by molar-refractivity contribution is 9.09. The molecular weight excluding hydrogens is 328 g/mol. The Morgan fingerprint density at radius 2 is 1.86 bits per heavy atom. The number of benzene rings is 1. The minimum atomic E-state index is -0.203. The Morgan fingerprint density at radius 3 is 2.52 bits per heavy atom. The van der Waals surface area contributed by atoms with Crippen LogP contribution in [-0.2, 0) is 10.2 Å². The fraction of sp³-hybridized carbons (Fsp3) is 0.588. The van der Waals surface area contributed by atoms with Crippen LogP contribution in [0.3, 0.4) is 0 Å². The van der Waals surface area contributed by atoms with Crippen molar-refractivity contribution in [3.8, 4) is 0 Å². The molecule has 4 heteroatoms. The highest BCUT2D eigenvalue weighted by Gasteiger charge is 2.52. The molecule has 0 N–H and O–H groups in total. The molecule has 1 aromatic carbocycles. The Morgan fingerprint density at radius 1 is 1.10 bits per heavy atom. The van der Waals surface area contributed by atoms with Crippen molar-refractivity contribution in [1.29, 1.82) is 0 Å². The molecule has 21 heavy (non-hydrogen) atoms. The van der Waals surface area contributed by atoms with Crippen molar-refractivity contribution in [2.45, 2.75) is 24.7 Å². The average molecular weight is 351 g/mol. The van der Waals surface area contributed by atoms with Crippen LogP contribution in [0.15, 0.2) is 30.3 Å². The van der Waals surface area contributed by atoms with Gasteiger partial charge in [-0.25, -0.2) is 0 Å². The van der Waals surface area contributed by atoms with E-state index in [0.717, 1.165) is 57.3 Å². The molecule has 1 aliphatic heterocycles. The summed E-state index contributed by atoms with van der Waals surface area (Å²) in [5, 5.41) is 1.01. The van der Waals surface area contributed by atoms with E-state index >= 15 is 0 Å². The molecule has 0 aromatic heterocycles. The standard InChI is InChI=1S/C17H23BrN2O/c18-9-12-19-10-4-11-20(14-13-19)16(21)17(7-8-17)15-5-2-1-3-6-15/h1-3,5-6H,4,7-14H2. The zero-order chi connectivity index (χ0) is 14.7. The minimum Gasteiger partial charge on any atom is -0.341 e. The number of amides is 1. The van der Waals surface area contributed by atoms with Gasteiger partial charge in [-0.05, 0) is 31.4 Å². The second kappa shape index (κ2) is 6.49. The molecule has 1 saturated heterocycles. The van der Waals surface area contributed by atoms with Crippen molar-refractivity contribution in [2.75, 3.05) is 38.1 Å². The number of alkyl halides is 1. The molecule has 3 rings (SSSR count). The molecule has 1 aliphatic carbocycles. The molecule has 0 atom stereocenters. The third kappa shape index (κ3) is 3.16. The Hall–Kier alpha value is -0.870. The second-order valence-electron chi connectivity index (χ2n) is 6.12. The first kappa shape index (κ1) is 15.0. The lowest BCUT2D eigenvalue weighted by atomic mass is 9.94. The van der Waals surface area contributed by atoms with Gasteiger partial charge in [-0.2, -0.15) is 0 Å². The van der Waals surface area contributed by atoms with Crippen LogP contribution in [0.4, 0.5) is 0 Å². The number of hydrogen-bond acceptors (Lipinski definition) is 2. The van der Waals surface area contributed by atoms with Crippen molar-refractivity contribution in [3.63, 3.8) is 0 Å². The lowest BCUT2D eigenvalue weighted by Crippen LogP contribution is -2.41. The second-order valence-corrected chi connectivity index (χ2v) is 6.92. The van der Waals surface area contributed by atoms with Crippen molar-refractivity contribution in [1.82, 2.24) is 9.80 Å². The highest BCUT2D eigenvalue weighted by Crippen LogP contribution is 2.49. The maximum Gasteiger partial charge on any atom is 0.233 e. The first-order valence-corrected chi connectivity index (χ1v) is 9.02. The molecule has 0 spiro atoms. The molecule has 1 amide bonds. The number of carbonyl (C=O) groups excluding carboxylic acids is 1. The lowest BCUT2D eigenvalue weighted by molar-refractivity contribution is -0.133. The zero-order valence-corrected chi connectivity index (χ0v) is 14.0. The summed E-state index contributed by atoms with van der Waals surface area (Å²) in [7, 11) is 0. The number of hydrogen-bond donors (Lipinski definition) is 0. The minimum absolute atomic E-state index is 0.203. The van der Waals surface area contributed by atoms with Crippen molar-refractivity contribution < 1.29 is 4.79 Å². The molecule has 1 saturated carbocycles. The molecule has 2 fully saturated rings. The molecule has 1 aromatic rings. The fourth-order valence-electron chi connectivity index (χ4n) is 3.33. The summed E-state index contributed by atoms with van der Waals surface area (Å²) in [5.74, 6) is 0.356. The normalized spacial score (nSPS) is 21.9. The Labute approximate surface area is 135 Å². The van der Waals surface area contributed by atoms with Crippen LogP contribution < -0.4 is 0 Å². The van der Waals surface area contributed by atoms with E-state index in [-0.39, 0.29) is 5.41 Å². The van der Waals surface area contributed by atoms with E-state index in [2.05, 4.69) is 37.9 Å². The number of nitrogens with zero attached hydrogens (tertiary/aromatic N) is 2. The summed E-state index contributed by atoms with van der Waals surface area (Å²) >= 11 is 3.50. The van der Waals surface area contributed by atoms with Crippen molar-refractivity contribution >= 4 is 21.8 Å². The summed E-state index contributed by atoms with van der Waals surface area (Å²) in [6.07, 6.45) is 3.11. The van der Waals surface area contributed by atoms with E-state index in [1.165, 1.54) is 5.56 Å². The van der Waals surface area contributed by atoms with Crippen LogP contribution in [0.5, 0.6) is 0 Å². The summed E-state index contributed by atoms with van der Waals surface area (Å²) in [6.45, 7) is 4.97. The van der Waals surface area contributed by atoms with Crippen molar-refractivity contribution in [2.24, 2.45) is 0 Å². The van der Waals surface area contributed by atoms with Gasteiger partial charge in [-0.15, -0.1) is 0 Å². The van der Waals surface area contributed by atoms with Crippen LogP contribution in [-0.4, -0.2) is 53.8 Å². The van der Waals surface area contributed by atoms with Gasteiger partial charge in [-0.1, -0.05) is 46.3 Å². The van der Waals surface area contributed by atoms with Gasteiger partial charge in [0, 0.05) is 31.5 Å². The van der Waals surface area contributed by atoms with Gasteiger partial charge in [0.1, 0.15) is 0 Å². The summed E-state index contributed by atoms with van der Waals surface area (Å²) in [6, 6.07) is 10.3. The molecular formula is C17H23BrN2O. The SMILES string of the molecule is O=C(N1CCCN(CCBr)CC1)C1(c2ccccc2)CC1. The fourth-order valence-corrected chi connectivity index (χ4v) is 3.83. The smallest absolute Gasteiger partial charge is 0.233 e. The van der Waals surface area contributed by atoms with Gasteiger partial charge in [-0.3, -0.25) is 4.79 Å². The third-order valence-corrected chi connectivity index (χ3v) is 5.12. The Kier molecular flexibility index (Phi) is 4.65. The van der Waals surface area contributed by atoms with Crippen LogP contribution in [0.25, 0.3) is 0 Å². The summed E-state index contributed by atoms with van der Waals surface area (Å²) < 4.78 is 0. The Balaban J connectivity index is 1.68. The molecule has 2 aliphatic rings. The molecule has 3 nitrogen and oxygen atoms in total.